The maximum atomic E-state index is 12.5. The first-order valence-corrected chi connectivity index (χ1v) is 7.47. The van der Waals surface area contributed by atoms with E-state index < -0.39 is 6.10 Å². The minimum atomic E-state index is -0.617. The predicted octanol–water partition coefficient (Wildman–Crippen LogP) is 4.39. The van der Waals surface area contributed by atoms with E-state index in [2.05, 4.69) is 21.2 Å². The smallest absolute Gasteiger partial charge is 0.258 e. The van der Waals surface area contributed by atoms with Crippen LogP contribution in [0.4, 0.5) is 5.69 Å². The van der Waals surface area contributed by atoms with Crippen molar-refractivity contribution in [2.75, 3.05) is 12.4 Å². The molecule has 2 rings (SSSR count). The third-order valence-electron chi connectivity index (χ3n) is 3.32. The van der Waals surface area contributed by atoms with E-state index in [0.29, 0.717) is 0 Å². The highest BCUT2D eigenvalue weighted by Crippen LogP contribution is 2.27. The molecule has 21 heavy (non-hydrogen) atoms. The van der Waals surface area contributed by atoms with E-state index in [-0.39, 0.29) is 5.91 Å². The lowest BCUT2D eigenvalue weighted by Gasteiger charge is -2.18. The molecule has 3 nitrogen and oxygen atoms in total. The second-order valence-corrected chi connectivity index (χ2v) is 5.85. The normalized spacial score (nSPS) is 12.0. The summed E-state index contributed by atoms with van der Waals surface area (Å²) in [7, 11) is 1.54. The highest BCUT2D eigenvalue weighted by atomic mass is 79.9. The van der Waals surface area contributed by atoms with Gasteiger partial charge >= 0.3 is 0 Å². The van der Waals surface area contributed by atoms with Crippen molar-refractivity contribution in [1.29, 1.82) is 0 Å². The molecule has 1 atom stereocenters. The van der Waals surface area contributed by atoms with E-state index in [1.165, 1.54) is 0 Å². The number of aryl methyl sites for hydroxylation is 2. The lowest BCUT2D eigenvalue weighted by molar-refractivity contribution is -0.126. The summed E-state index contributed by atoms with van der Waals surface area (Å²) in [6.45, 7) is 3.94. The second-order valence-electron chi connectivity index (χ2n) is 4.93. The molecule has 0 aliphatic carbocycles. The van der Waals surface area contributed by atoms with E-state index in [9.17, 15) is 4.79 Å². The summed E-state index contributed by atoms with van der Waals surface area (Å²) in [5, 5.41) is 2.97. The number of nitrogens with one attached hydrogen (secondary N) is 1. The number of anilines is 1. The van der Waals surface area contributed by atoms with Crippen molar-refractivity contribution in [1.82, 2.24) is 0 Å². The van der Waals surface area contributed by atoms with Gasteiger partial charge in [0.2, 0.25) is 0 Å². The van der Waals surface area contributed by atoms with Crippen LogP contribution in [0.25, 0.3) is 0 Å². The van der Waals surface area contributed by atoms with Gasteiger partial charge < -0.3 is 10.1 Å². The molecular formula is C17H18BrNO2. The van der Waals surface area contributed by atoms with E-state index in [1.54, 1.807) is 7.11 Å². The molecule has 0 aromatic heterocycles. The topological polar surface area (TPSA) is 38.3 Å². The summed E-state index contributed by atoms with van der Waals surface area (Å²) in [5.41, 5.74) is 3.70. The summed E-state index contributed by atoms with van der Waals surface area (Å²) < 4.78 is 6.35. The molecule has 0 aliphatic rings. The molecule has 1 amide bonds. The zero-order chi connectivity index (χ0) is 15.4. The van der Waals surface area contributed by atoms with E-state index in [0.717, 1.165) is 26.9 Å². The summed E-state index contributed by atoms with van der Waals surface area (Å²) in [4.78, 5) is 12.5. The molecule has 0 heterocycles. The van der Waals surface area contributed by atoms with Gasteiger partial charge in [-0.25, -0.2) is 0 Å². The molecule has 1 N–H and O–H groups in total. The van der Waals surface area contributed by atoms with Crippen molar-refractivity contribution in [2.24, 2.45) is 0 Å². The van der Waals surface area contributed by atoms with Crippen molar-refractivity contribution in [3.8, 4) is 0 Å². The van der Waals surface area contributed by atoms with Crippen LogP contribution in [-0.4, -0.2) is 13.0 Å². The average Bonchev–Trinajstić information content (AvgIpc) is 2.45. The van der Waals surface area contributed by atoms with Gasteiger partial charge in [0.25, 0.3) is 5.91 Å². The first-order valence-electron chi connectivity index (χ1n) is 6.68. The third-order valence-corrected chi connectivity index (χ3v) is 3.78. The SMILES string of the molecule is COC(C(=O)Nc1c(C)cc(Br)cc1C)c1ccccc1. The number of benzene rings is 2. The number of hydrogen-bond acceptors (Lipinski definition) is 2. The Labute approximate surface area is 133 Å². The number of amides is 1. The molecule has 1 unspecified atom stereocenters. The Hall–Kier alpha value is -1.65. The fourth-order valence-electron chi connectivity index (χ4n) is 2.32. The molecule has 0 aliphatic heterocycles. The van der Waals surface area contributed by atoms with Gasteiger partial charge in [0.05, 0.1) is 0 Å². The van der Waals surface area contributed by atoms with Gasteiger partial charge in [-0.2, -0.15) is 0 Å². The largest absolute Gasteiger partial charge is 0.367 e. The number of methoxy groups -OCH3 is 1. The van der Waals surface area contributed by atoms with Crippen molar-refractivity contribution in [3.05, 3.63) is 63.6 Å². The summed E-state index contributed by atoms with van der Waals surface area (Å²) in [6, 6.07) is 13.4. The number of carbonyl (C=O) groups is 1. The Morgan fingerprint density at radius 3 is 2.24 bits per heavy atom. The monoisotopic (exact) mass is 347 g/mol. The van der Waals surface area contributed by atoms with E-state index in [1.807, 2.05) is 56.3 Å². The minimum absolute atomic E-state index is 0.169. The Morgan fingerprint density at radius 1 is 1.14 bits per heavy atom. The van der Waals surface area contributed by atoms with Crippen molar-refractivity contribution >= 4 is 27.5 Å². The van der Waals surface area contributed by atoms with E-state index >= 15 is 0 Å². The van der Waals surface area contributed by atoms with Gasteiger partial charge in [0.1, 0.15) is 0 Å². The maximum absolute atomic E-state index is 12.5. The summed E-state index contributed by atoms with van der Waals surface area (Å²) >= 11 is 3.46. The molecule has 0 fully saturated rings. The Bertz CT molecular complexity index is 617. The molecule has 4 heteroatoms. The van der Waals surface area contributed by atoms with Crippen LogP contribution < -0.4 is 5.32 Å². The van der Waals surface area contributed by atoms with Gasteiger partial charge in [0, 0.05) is 17.3 Å². The predicted molar refractivity (Wildman–Crippen MR) is 88.4 cm³/mol. The molecule has 0 radical (unpaired) electrons. The molecule has 0 spiro atoms. The lowest BCUT2D eigenvalue weighted by atomic mass is 10.1. The number of hydrogen-bond donors (Lipinski definition) is 1. The quantitative estimate of drug-likeness (QED) is 0.890. The molecule has 2 aromatic carbocycles. The summed E-state index contributed by atoms with van der Waals surface area (Å²) in [5.74, 6) is -0.169. The molecular weight excluding hydrogens is 330 g/mol. The fourth-order valence-corrected chi connectivity index (χ4v) is 3.01. The fraction of sp³-hybridized carbons (Fsp3) is 0.235. The molecule has 0 saturated carbocycles. The maximum Gasteiger partial charge on any atom is 0.258 e. The minimum Gasteiger partial charge on any atom is -0.367 e. The third kappa shape index (κ3) is 3.71. The van der Waals surface area contributed by atoms with Crippen LogP contribution in [0.3, 0.4) is 0 Å². The first kappa shape index (κ1) is 15.7. The number of carbonyl (C=O) groups excluding carboxylic acids is 1. The summed E-state index contributed by atoms with van der Waals surface area (Å²) in [6.07, 6.45) is -0.617. The van der Waals surface area contributed by atoms with Gasteiger partial charge in [0.15, 0.2) is 6.10 Å². The number of rotatable bonds is 4. The standard InChI is InChI=1S/C17H18BrNO2/c1-11-9-14(18)10-12(2)15(11)19-17(20)16(21-3)13-7-5-4-6-8-13/h4-10,16H,1-3H3,(H,19,20). The van der Waals surface area contributed by atoms with Gasteiger partial charge in [-0.15, -0.1) is 0 Å². The Morgan fingerprint density at radius 2 is 1.71 bits per heavy atom. The van der Waals surface area contributed by atoms with Crippen LogP contribution in [0.2, 0.25) is 0 Å². The molecule has 0 bridgehead atoms. The van der Waals surface area contributed by atoms with Crippen LogP contribution in [0, 0.1) is 13.8 Å². The van der Waals surface area contributed by atoms with E-state index in [4.69, 9.17) is 4.74 Å². The van der Waals surface area contributed by atoms with Gasteiger partial charge in [-0.3, -0.25) is 4.79 Å². The van der Waals surface area contributed by atoms with Crippen LogP contribution in [0.5, 0.6) is 0 Å². The van der Waals surface area contributed by atoms with Crippen molar-refractivity contribution < 1.29 is 9.53 Å². The number of halogens is 1. The van der Waals surface area contributed by atoms with Gasteiger partial charge in [-0.1, -0.05) is 46.3 Å². The first-order chi connectivity index (χ1) is 10.0. The van der Waals surface area contributed by atoms with Crippen LogP contribution in [0.1, 0.15) is 22.8 Å². The Kier molecular flexibility index (Phi) is 5.15. The van der Waals surface area contributed by atoms with Crippen LogP contribution in [0.15, 0.2) is 46.9 Å². The molecule has 110 valence electrons. The molecule has 0 saturated heterocycles. The number of ether oxygens (including phenoxy) is 1. The van der Waals surface area contributed by atoms with Crippen molar-refractivity contribution in [2.45, 2.75) is 20.0 Å². The van der Waals surface area contributed by atoms with Crippen LogP contribution in [-0.2, 0) is 9.53 Å². The van der Waals surface area contributed by atoms with Crippen molar-refractivity contribution in [3.63, 3.8) is 0 Å². The zero-order valence-electron chi connectivity index (χ0n) is 12.3. The lowest BCUT2D eigenvalue weighted by Crippen LogP contribution is -2.23. The molecule has 2 aromatic rings. The second kappa shape index (κ2) is 6.87. The highest BCUT2D eigenvalue weighted by Gasteiger charge is 2.21. The zero-order valence-corrected chi connectivity index (χ0v) is 13.9. The van der Waals surface area contributed by atoms with Crippen LogP contribution >= 0.6 is 15.9 Å². The van der Waals surface area contributed by atoms with Gasteiger partial charge in [-0.05, 0) is 42.7 Å². The average molecular weight is 348 g/mol. The Balaban J connectivity index is 2.25. The highest BCUT2D eigenvalue weighted by molar-refractivity contribution is 9.10.